The molecule has 2 aromatic carbocycles. The minimum Gasteiger partial charge on any atom is -0.477 e. The molecule has 1 aliphatic carbocycles. The van der Waals surface area contributed by atoms with Gasteiger partial charge in [-0.25, -0.2) is 9.18 Å². The van der Waals surface area contributed by atoms with Crippen LogP contribution in [-0.2, 0) is 0 Å². The number of ether oxygens (including phenoxy) is 1. The third-order valence-corrected chi connectivity index (χ3v) is 6.41. The second-order valence-corrected chi connectivity index (χ2v) is 8.61. The second kappa shape index (κ2) is 7.62. The molecule has 2 atom stereocenters. The van der Waals surface area contributed by atoms with Crippen molar-refractivity contribution in [1.29, 1.82) is 0 Å². The van der Waals surface area contributed by atoms with Gasteiger partial charge in [-0.2, -0.15) is 8.78 Å². The molecule has 9 heteroatoms. The van der Waals surface area contributed by atoms with Crippen molar-refractivity contribution >= 4 is 16.9 Å². The Kier molecular flexibility index (Phi) is 4.97. The number of benzene rings is 2. The van der Waals surface area contributed by atoms with Gasteiger partial charge < -0.3 is 19.7 Å². The monoisotopic (exact) mass is 458 g/mol. The number of hydrogen-bond acceptors (Lipinski definition) is 4. The molecule has 0 spiro atoms. The quantitative estimate of drug-likeness (QED) is 0.552. The number of aromatic carboxylic acids is 1. The molecular formula is C24H21F3N2O4. The number of pyridine rings is 1. The zero-order chi connectivity index (χ0) is 23.6. The number of nitrogens with one attached hydrogen (secondary N) is 1. The normalized spacial score (nSPS) is 19.8. The summed E-state index contributed by atoms with van der Waals surface area (Å²) >= 11 is 0. The van der Waals surface area contributed by atoms with Gasteiger partial charge in [-0.05, 0) is 55.5 Å². The summed E-state index contributed by atoms with van der Waals surface area (Å²) in [4.78, 5) is 24.4. The molecule has 2 heterocycles. The fourth-order valence-corrected chi connectivity index (χ4v) is 4.77. The van der Waals surface area contributed by atoms with Crippen LogP contribution in [0, 0.1) is 5.82 Å². The van der Waals surface area contributed by atoms with Crippen molar-refractivity contribution < 1.29 is 27.8 Å². The molecule has 0 radical (unpaired) electrons. The van der Waals surface area contributed by atoms with E-state index in [0.717, 1.165) is 23.4 Å². The largest absolute Gasteiger partial charge is 0.477 e. The van der Waals surface area contributed by atoms with Gasteiger partial charge in [-0.1, -0.05) is 12.1 Å². The predicted molar refractivity (Wildman–Crippen MR) is 115 cm³/mol. The zero-order valence-electron chi connectivity index (χ0n) is 17.9. The van der Waals surface area contributed by atoms with Gasteiger partial charge in [0.15, 0.2) is 5.75 Å². The lowest BCUT2D eigenvalue weighted by atomic mass is 9.94. The average molecular weight is 458 g/mol. The predicted octanol–water partition coefficient (Wildman–Crippen LogP) is 5.17. The van der Waals surface area contributed by atoms with Crippen molar-refractivity contribution in [3.63, 3.8) is 0 Å². The number of carboxylic acid groups (broad SMARTS) is 1. The molecule has 33 heavy (non-hydrogen) atoms. The Morgan fingerprint density at radius 1 is 1.18 bits per heavy atom. The molecule has 172 valence electrons. The van der Waals surface area contributed by atoms with Gasteiger partial charge in [0.1, 0.15) is 11.4 Å². The first-order valence-electron chi connectivity index (χ1n) is 10.7. The van der Waals surface area contributed by atoms with Crippen LogP contribution in [0.25, 0.3) is 22.0 Å². The van der Waals surface area contributed by atoms with E-state index in [1.807, 2.05) is 19.9 Å². The van der Waals surface area contributed by atoms with Crippen LogP contribution in [0.5, 0.6) is 5.75 Å². The number of carbonyl (C=O) groups is 1. The Balaban J connectivity index is 1.86. The number of fused-ring (bicyclic) bond motifs is 2. The lowest BCUT2D eigenvalue weighted by molar-refractivity contribution is -0.0487. The Hall–Kier alpha value is -3.33. The molecule has 2 N–H and O–H groups in total. The van der Waals surface area contributed by atoms with Crippen LogP contribution in [0.15, 0.2) is 35.3 Å². The van der Waals surface area contributed by atoms with E-state index in [0.29, 0.717) is 18.4 Å². The van der Waals surface area contributed by atoms with Crippen molar-refractivity contribution in [2.45, 2.75) is 51.4 Å². The molecule has 3 aromatic rings. The minimum absolute atomic E-state index is 0.0132. The second-order valence-electron chi connectivity index (χ2n) is 8.61. The first-order chi connectivity index (χ1) is 15.7. The van der Waals surface area contributed by atoms with E-state index in [9.17, 15) is 23.5 Å². The third-order valence-electron chi connectivity index (χ3n) is 6.41. The SMILES string of the molecule is CC1NC(C)c2cc(-c3c(F)cc4c(=O)c(C(=O)O)cn(C5CC5)c4c3OC(F)F)ccc21. The summed E-state index contributed by atoms with van der Waals surface area (Å²) in [6, 6.07) is 6.02. The van der Waals surface area contributed by atoms with Crippen molar-refractivity contribution in [1.82, 2.24) is 9.88 Å². The first-order valence-corrected chi connectivity index (χ1v) is 10.7. The topological polar surface area (TPSA) is 80.6 Å². The average Bonchev–Trinajstić information content (AvgIpc) is 3.54. The Morgan fingerprint density at radius 2 is 1.88 bits per heavy atom. The van der Waals surface area contributed by atoms with Crippen molar-refractivity contribution in [2.75, 3.05) is 0 Å². The number of aromatic nitrogens is 1. The van der Waals surface area contributed by atoms with Gasteiger partial charge in [-0.3, -0.25) is 4.79 Å². The summed E-state index contributed by atoms with van der Waals surface area (Å²) in [6.45, 7) is 0.682. The van der Waals surface area contributed by atoms with E-state index in [2.05, 4.69) is 5.32 Å². The molecule has 0 bridgehead atoms. The van der Waals surface area contributed by atoms with Crippen LogP contribution in [-0.4, -0.2) is 22.3 Å². The van der Waals surface area contributed by atoms with Gasteiger partial charge in [0, 0.05) is 24.3 Å². The Labute approximate surface area is 186 Å². The van der Waals surface area contributed by atoms with Gasteiger partial charge in [-0.15, -0.1) is 0 Å². The van der Waals surface area contributed by atoms with E-state index < -0.39 is 35.1 Å². The van der Waals surface area contributed by atoms with Crippen LogP contribution in [0.2, 0.25) is 0 Å². The fraction of sp³-hybridized carbons (Fsp3) is 0.333. The zero-order valence-corrected chi connectivity index (χ0v) is 17.9. The summed E-state index contributed by atoms with van der Waals surface area (Å²) in [6.07, 6.45) is 2.50. The summed E-state index contributed by atoms with van der Waals surface area (Å²) in [5.41, 5.74) is 0.589. The van der Waals surface area contributed by atoms with E-state index in [1.165, 1.54) is 4.57 Å². The highest BCUT2D eigenvalue weighted by Crippen LogP contribution is 2.45. The van der Waals surface area contributed by atoms with Crippen LogP contribution < -0.4 is 15.5 Å². The number of nitrogens with zero attached hydrogens (tertiary/aromatic N) is 1. The molecular weight excluding hydrogens is 437 g/mol. The van der Waals surface area contributed by atoms with Crippen LogP contribution in [0.1, 0.15) is 66.3 Å². The number of rotatable bonds is 5. The summed E-state index contributed by atoms with van der Waals surface area (Å²) in [7, 11) is 0. The molecule has 5 rings (SSSR count). The standard InChI is InChI=1S/C24H21F3N2O4/c1-10-14-6-3-12(7-15(14)11(2)28-10)19-18(25)8-16-20(22(19)33-24(26)27)29(13-4-5-13)9-17(21(16)30)23(31)32/h3,6-11,13,24,28H,4-5H2,1-2H3,(H,31,32). The number of hydrogen-bond donors (Lipinski definition) is 2. The smallest absolute Gasteiger partial charge is 0.387 e. The van der Waals surface area contributed by atoms with Crippen LogP contribution in [0.3, 0.4) is 0 Å². The summed E-state index contributed by atoms with van der Waals surface area (Å²) < 4.78 is 48.8. The maximum atomic E-state index is 15.5. The molecule has 1 aliphatic heterocycles. The van der Waals surface area contributed by atoms with Gasteiger partial charge in [0.05, 0.1) is 16.5 Å². The maximum Gasteiger partial charge on any atom is 0.387 e. The molecule has 0 saturated heterocycles. The maximum absolute atomic E-state index is 15.5. The van der Waals surface area contributed by atoms with Crippen molar-refractivity contribution in [3.8, 4) is 16.9 Å². The first kappa shape index (κ1) is 21.5. The number of carboxylic acids is 1. The van der Waals surface area contributed by atoms with Crippen molar-refractivity contribution in [2.24, 2.45) is 0 Å². The number of alkyl halides is 2. The fourth-order valence-electron chi connectivity index (χ4n) is 4.77. The van der Waals surface area contributed by atoms with Gasteiger partial charge in [0.2, 0.25) is 5.43 Å². The van der Waals surface area contributed by atoms with E-state index >= 15 is 4.39 Å². The van der Waals surface area contributed by atoms with Crippen LogP contribution in [0.4, 0.5) is 13.2 Å². The number of halogens is 3. The molecule has 1 aromatic heterocycles. The lowest BCUT2D eigenvalue weighted by Gasteiger charge is -2.20. The molecule has 6 nitrogen and oxygen atoms in total. The van der Waals surface area contributed by atoms with Gasteiger partial charge in [0.25, 0.3) is 0 Å². The van der Waals surface area contributed by atoms with Crippen molar-refractivity contribution in [3.05, 3.63) is 63.2 Å². The van der Waals surface area contributed by atoms with E-state index in [4.69, 9.17) is 4.74 Å². The minimum atomic E-state index is -3.27. The Morgan fingerprint density at radius 3 is 2.52 bits per heavy atom. The molecule has 1 fully saturated rings. The Bertz CT molecular complexity index is 1360. The highest BCUT2D eigenvalue weighted by molar-refractivity contribution is 5.98. The lowest BCUT2D eigenvalue weighted by Crippen LogP contribution is -2.20. The highest BCUT2D eigenvalue weighted by Gasteiger charge is 2.32. The molecule has 1 saturated carbocycles. The molecule has 0 amide bonds. The molecule has 2 unspecified atom stereocenters. The molecule has 2 aliphatic rings. The van der Waals surface area contributed by atoms with E-state index in [-0.39, 0.29) is 34.6 Å². The van der Waals surface area contributed by atoms with Gasteiger partial charge >= 0.3 is 12.6 Å². The summed E-state index contributed by atoms with van der Waals surface area (Å²) in [5.74, 6) is -2.87. The van der Waals surface area contributed by atoms with E-state index in [1.54, 1.807) is 12.1 Å². The highest BCUT2D eigenvalue weighted by atomic mass is 19.3. The third kappa shape index (κ3) is 3.47. The summed E-state index contributed by atoms with van der Waals surface area (Å²) in [5, 5.41) is 12.5. The van der Waals surface area contributed by atoms with Crippen LogP contribution >= 0.6 is 0 Å².